The van der Waals surface area contributed by atoms with Crippen molar-refractivity contribution < 1.29 is 32.2 Å². The average Bonchev–Trinajstić information content (AvgIpc) is 2.88. The first kappa shape index (κ1) is 25.3. The molecule has 0 radical (unpaired) electrons. The lowest BCUT2D eigenvalue weighted by Gasteiger charge is -2.33. The molecule has 2 fully saturated rings. The molecule has 0 unspecified atom stereocenters. The molecule has 2 aliphatic heterocycles. The van der Waals surface area contributed by atoms with Crippen LogP contribution in [0.1, 0.15) is 51.9 Å². The van der Waals surface area contributed by atoms with Crippen molar-refractivity contribution in [1.82, 2.24) is 9.62 Å². The molecule has 35 heavy (non-hydrogen) atoms. The lowest BCUT2D eigenvalue weighted by atomic mass is 9.83. The van der Waals surface area contributed by atoms with Gasteiger partial charge in [0.05, 0.1) is 16.9 Å². The molecule has 0 aromatic heterocycles. The number of esters is 1. The van der Waals surface area contributed by atoms with Crippen LogP contribution in [0.2, 0.25) is 0 Å². The van der Waals surface area contributed by atoms with Crippen LogP contribution in [0.3, 0.4) is 0 Å². The fourth-order valence-electron chi connectivity index (χ4n) is 4.75. The number of ether oxygens (including phenoxy) is 3. The number of nitrogens with one attached hydrogen (secondary N) is 1. The smallest absolute Gasteiger partial charge is 0.309 e. The minimum atomic E-state index is -3.76. The summed E-state index contributed by atoms with van der Waals surface area (Å²) in [5.74, 6) is -0.607. The maximum Gasteiger partial charge on any atom is 0.309 e. The lowest BCUT2D eigenvalue weighted by molar-refractivity contribution is -0.160. The zero-order valence-corrected chi connectivity index (χ0v) is 20.6. The zero-order valence-electron chi connectivity index (χ0n) is 19.8. The number of hydrogen-bond acceptors (Lipinski definition) is 8. The molecule has 0 spiro atoms. The van der Waals surface area contributed by atoms with Crippen LogP contribution in [0.15, 0.2) is 23.1 Å². The zero-order chi connectivity index (χ0) is 25.1. The van der Waals surface area contributed by atoms with Gasteiger partial charge in [0.1, 0.15) is 18.8 Å². The maximum absolute atomic E-state index is 13.1. The normalized spacial score (nSPS) is 21.4. The maximum atomic E-state index is 13.1. The molecule has 2 heterocycles. The number of nitriles is 1. The molecule has 3 aliphatic rings. The summed E-state index contributed by atoms with van der Waals surface area (Å²) < 4.78 is 43.9. The quantitative estimate of drug-likeness (QED) is 0.581. The second-order valence-electron chi connectivity index (χ2n) is 9.31. The van der Waals surface area contributed by atoms with Crippen LogP contribution >= 0.6 is 0 Å². The largest absolute Gasteiger partial charge is 0.486 e. The molecule has 1 N–H and O–H groups in total. The van der Waals surface area contributed by atoms with Crippen LogP contribution in [0, 0.1) is 17.2 Å². The Morgan fingerprint density at radius 3 is 2.46 bits per heavy atom. The van der Waals surface area contributed by atoms with Crippen LogP contribution in [0.5, 0.6) is 11.5 Å². The van der Waals surface area contributed by atoms with Crippen molar-refractivity contribution in [1.29, 1.82) is 5.26 Å². The van der Waals surface area contributed by atoms with E-state index in [0.717, 1.165) is 19.3 Å². The van der Waals surface area contributed by atoms with E-state index in [1.165, 1.54) is 23.4 Å². The highest BCUT2D eigenvalue weighted by Crippen LogP contribution is 2.34. The summed E-state index contributed by atoms with van der Waals surface area (Å²) in [6.45, 7) is 2.59. The van der Waals surface area contributed by atoms with Crippen LogP contribution < -0.4 is 14.8 Å². The van der Waals surface area contributed by atoms with Crippen LogP contribution in [-0.4, -0.2) is 62.5 Å². The van der Waals surface area contributed by atoms with Gasteiger partial charge in [-0.3, -0.25) is 9.59 Å². The Bertz CT molecular complexity index is 1100. The lowest BCUT2D eigenvalue weighted by Crippen LogP contribution is -2.52. The number of carbonyl (C=O) groups is 2. The Hall–Kier alpha value is -2.84. The molecule has 1 aromatic carbocycles. The van der Waals surface area contributed by atoms with Crippen molar-refractivity contribution in [3.63, 3.8) is 0 Å². The van der Waals surface area contributed by atoms with Crippen LogP contribution in [-0.2, 0) is 24.3 Å². The molecule has 10 nitrogen and oxygen atoms in total. The third-order valence-corrected chi connectivity index (χ3v) is 8.78. The number of nitrogens with zero attached hydrogens (tertiary/aromatic N) is 2. The SMILES string of the molecule is C[C@H](OC(=O)C1CCN(S(=O)(=O)c2ccc3c(c2)OCCO3)CC1)C(=O)NC1(C#N)CCCCC1. The van der Waals surface area contributed by atoms with E-state index in [1.807, 2.05) is 0 Å². The van der Waals surface area contributed by atoms with E-state index in [2.05, 4.69) is 11.4 Å². The number of benzene rings is 1. The second kappa shape index (κ2) is 10.4. The monoisotopic (exact) mass is 505 g/mol. The number of fused-ring (bicyclic) bond motifs is 1. The number of sulfonamides is 1. The van der Waals surface area contributed by atoms with E-state index in [9.17, 15) is 23.3 Å². The Balaban J connectivity index is 1.30. The van der Waals surface area contributed by atoms with Crippen LogP contribution in [0.4, 0.5) is 0 Å². The minimum Gasteiger partial charge on any atom is -0.486 e. The fourth-order valence-corrected chi connectivity index (χ4v) is 6.23. The first-order valence-electron chi connectivity index (χ1n) is 12.1. The predicted molar refractivity (Wildman–Crippen MR) is 124 cm³/mol. The molecular weight excluding hydrogens is 474 g/mol. The molecule has 1 atom stereocenters. The molecule has 1 saturated heterocycles. The number of hydrogen-bond donors (Lipinski definition) is 1. The van der Waals surface area contributed by atoms with Gasteiger partial charge in [-0.25, -0.2) is 8.42 Å². The summed E-state index contributed by atoms with van der Waals surface area (Å²) in [5.41, 5.74) is -0.899. The number of amides is 1. The number of piperidine rings is 1. The van der Waals surface area contributed by atoms with E-state index in [-0.39, 0.29) is 18.0 Å². The van der Waals surface area contributed by atoms with Gasteiger partial charge in [0.2, 0.25) is 10.0 Å². The van der Waals surface area contributed by atoms with Crippen molar-refractivity contribution in [2.45, 2.75) is 68.4 Å². The Morgan fingerprint density at radius 1 is 1.14 bits per heavy atom. The van der Waals surface area contributed by atoms with Gasteiger partial charge in [0.25, 0.3) is 5.91 Å². The van der Waals surface area contributed by atoms with Gasteiger partial charge in [-0.05, 0) is 44.7 Å². The summed E-state index contributed by atoms with van der Waals surface area (Å²) in [7, 11) is -3.76. The summed E-state index contributed by atoms with van der Waals surface area (Å²) in [6.07, 6.45) is 3.50. The van der Waals surface area contributed by atoms with Crippen molar-refractivity contribution in [2.24, 2.45) is 5.92 Å². The summed E-state index contributed by atoms with van der Waals surface area (Å²) in [4.78, 5) is 25.4. The van der Waals surface area contributed by atoms with E-state index < -0.39 is 39.5 Å². The number of rotatable bonds is 6. The van der Waals surface area contributed by atoms with Crippen molar-refractivity contribution >= 4 is 21.9 Å². The van der Waals surface area contributed by atoms with Crippen molar-refractivity contribution in [2.75, 3.05) is 26.3 Å². The van der Waals surface area contributed by atoms with Gasteiger partial charge in [-0.2, -0.15) is 9.57 Å². The standard InChI is InChI=1S/C24H31N3O7S/c1-17(22(28)26-24(16-25)9-3-2-4-10-24)34-23(29)18-7-11-27(12-8-18)35(30,31)19-5-6-20-21(15-19)33-14-13-32-20/h5-6,15,17-18H,2-4,7-14H2,1H3,(H,26,28)/t17-/m0/s1. The van der Waals surface area contributed by atoms with E-state index in [4.69, 9.17) is 14.2 Å². The van der Waals surface area contributed by atoms with Crippen molar-refractivity contribution in [3.8, 4) is 17.6 Å². The first-order valence-corrected chi connectivity index (χ1v) is 13.5. The summed E-state index contributed by atoms with van der Waals surface area (Å²) in [5, 5.41) is 12.3. The highest BCUT2D eigenvalue weighted by molar-refractivity contribution is 7.89. The molecular formula is C24H31N3O7S. The molecule has 190 valence electrons. The van der Waals surface area contributed by atoms with E-state index >= 15 is 0 Å². The molecule has 1 saturated carbocycles. The number of carbonyl (C=O) groups excluding carboxylic acids is 2. The molecule has 1 aliphatic carbocycles. The Morgan fingerprint density at radius 2 is 1.80 bits per heavy atom. The molecule has 1 aromatic rings. The third kappa shape index (κ3) is 5.54. The van der Waals surface area contributed by atoms with Crippen LogP contribution in [0.25, 0.3) is 0 Å². The molecule has 0 bridgehead atoms. The first-order chi connectivity index (χ1) is 16.7. The molecule has 4 rings (SSSR count). The Labute approximate surface area is 205 Å². The topological polar surface area (TPSA) is 135 Å². The van der Waals surface area contributed by atoms with Gasteiger partial charge < -0.3 is 19.5 Å². The molecule has 1 amide bonds. The highest BCUT2D eigenvalue weighted by atomic mass is 32.2. The predicted octanol–water partition coefficient (Wildman–Crippen LogP) is 2.13. The third-order valence-electron chi connectivity index (χ3n) is 6.88. The van der Waals surface area contributed by atoms with Gasteiger partial charge in [-0.15, -0.1) is 0 Å². The van der Waals surface area contributed by atoms with E-state index in [0.29, 0.717) is 50.4 Å². The second-order valence-corrected chi connectivity index (χ2v) is 11.2. The summed E-state index contributed by atoms with van der Waals surface area (Å²) >= 11 is 0. The average molecular weight is 506 g/mol. The fraction of sp³-hybridized carbons (Fsp3) is 0.625. The van der Waals surface area contributed by atoms with Gasteiger partial charge in [0.15, 0.2) is 17.6 Å². The molecule has 11 heteroatoms. The minimum absolute atomic E-state index is 0.113. The van der Waals surface area contributed by atoms with E-state index in [1.54, 1.807) is 6.07 Å². The summed E-state index contributed by atoms with van der Waals surface area (Å²) in [6, 6.07) is 6.76. The van der Waals surface area contributed by atoms with Gasteiger partial charge >= 0.3 is 5.97 Å². The van der Waals surface area contributed by atoms with Gasteiger partial charge in [0, 0.05) is 19.2 Å². The Kier molecular flexibility index (Phi) is 7.52. The highest BCUT2D eigenvalue weighted by Gasteiger charge is 2.37. The van der Waals surface area contributed by atoms with Gasteiger partial charge in [-0.1, -0.05) is 19.3 Å². The van der Waals surface area contributed by atoms with Crippen molar-refractivity contribution in [3.05, 3.63) is 18.2 Å².